The van der Waals surface area contributed by atoms with Crippen molar-refractivity contribution in [1.82, 2.24) is 10.2 Å². The molecule has 0 bridgehead atoms. The number of hydrogen-bond donors (Lipinski definition) is 1. The van der Waals surface area contributed by atoms with Gasteiger partial charge in [-0.05, 0) is 68.1 Å². The van der Waals surface area contributed by atoms with E-state index < -0.39 is 0 Å². The van der Waals surface area contributed by atoms with Gasteiger partial charge in [0.05, 0.1) is 4.88 Å². The van der Waals surface area contributed by atoms with Gasteiger partial charge in [0.2, 0.25) is 0 Å². The van der Waals surface area contributed by atoms with Crippen LogP contribution in [-0.4, -0.2) is 37.5 Å². The summed E-state index contributed by atoms with van der Waals surface area (Å²) < 4.78 is 0. The predicted octanol–water partition coefficient (Wildman–Crippen LogP) is 2.70. The minimum Gasteiger partial charge on any atom is -0.338 e. The third-order valence-electron chi connectivity index (χ3n) is 4.21. The van der Waals surface area contributed by atoms with Gasteiger partial charge in [0.15, 0.2) is 0 Å². The molecule has 1 saturated heterocycles. The first kappa shape index (κ1) is 13.1. The predicted molar refractivity (Wildman–Crippen MR) is 78.8 cm³/mol. The molecule has 4 heteroatoms. The highest BCUT2D eigenvalue weighted by Gasteiger charge is 2.32. The number of rotatable bonds is 4. The van der Waals surface area contributed by atoms with E-state index in [1.165, 1.54) is 24.8 Å². The van der Waals surface area contributed by atoms with Crippen LogP contribution in [-0.2, 0) is 0 Å². The van der Waals surface area contributed by atoms with Gasteiger partial charge in [-0.25, -0.2) is 0 Å². The molecule has 2 fully saturated rings. The third kappa shape index (κ3) is 2.84. The van der Waals surface area contributed by atoms with Crippen molar-refractivity contribution in [2.45, 2.75) is 31.6 Å². The smallest absolute Gasteiger partial charge is 0.264 e. The summed E-state index contributed by atoms with van der Waals surface area (Å²) in [5.74, 6) is 1.56. The number of carbonyl (C=O) groups is 1. The Hall–Kier alpha value is -0.870. The maximum absolute atomic E-state index is 12.7. The summed E-state index contributed by atoms with van der Waals surface area (Å²) in [6.45, 7) is 2.87. The zero-order valence-electron chi connectivity index (χ0n) is 11.5. The van der Waals surface area contributed by atoms with Crippen LogP contribution in [0.1, 0.15) is 46.8 Å². The Morgan fingerprint density at radius 3 is 3.05 bits per heavy atom. The number of thiophene rings is 1. The van der Waals surface area contributed by atoms with Crippen molar-refractivity contribution in [2.75, 3.05) is 26.7 Å². The molecule has 1 amide bonds. The molecule has 1 saturated carbocycles. The van der Waals surface area contributed by atoms with Crippen molar-refractivity contribution in [3.8, 4) is 0 Å². The zero-order valence-corrected chi connectivity index (χ0v) is 12.3. The first-order chi connectivity index (χ1) is 9.29. The summed E-state index contributed by atoms with van der Waals surface area (Å²) in [6.07, 6.45) is 4.91. The van der Waals surface area contributed by atoms with E-state index in [1.807, 2.05) is 7.05 Å². The van der Waals surface area contributed by atoms with Crippen LogP contribution in [0.4, 0.5) is 0 Å². The molecule has 2 aliphatic rings. The number of hydrogen-bond acceptors (Lipinski definition) is 3. The normalized spacial score (nSPS) is 23.6. The van der Waals surface area contributed by atoms with Crippen LogP contribution >= 0.6 is 11.3 Å². The van der Waals surface area contributed by atoms with Crippen molar-refractivity contribution in [1.29, 1.82) is 0 Å². The summed E-state index contributed by atoms with van der Waals surface area (Å²) in [4.78, 5) is 15.8. The van der Waals surface area contributed by atoms with Crippen LogP contribution < -0.4 is 5.32 Å². The SMILES string of the molecule is CNC[C@H]1CCCN(C(=O)c2sccc2C2CC2)C1. The first-order valence-corrected chi connectivity index (χ1v) is 8.19. The molecule has 0 aromatic carbocycles. The second-order valence-electron chi connectivity index (χ2n) is 5.80. The topological polar surface area (TPSA) is 32.3 Å². The molecular weight excluding hydrogens is 256 g/mol. The monoisotopic (exact) mass is 278 g/mol. The van der Waals surface area contributed by atoms with E-state index in [-0.39, 0.29) is 5.91 Å². The van der Waals surface area contributed by atoms with Crippen molar-refractivity contribution in [3.05, 3.63) is 21.9 Å². The molecule has 0 radical (unpaired) electrons. The summed E-state index contributed by atoms with van der Waals surface area (Å²) in [7, 11) is 1.99. The van der Waals surface area contributed by atoms with E-state index in [1.54, 1.807) is 11.3 Å². The lowest BCUT2D eigenvalue weighted by Crippen LogP contribution is -2.42. The maximum Gasteiger partial charge on any atom is 0.264 e. The van der Waals surface area contributed by atoms with Crippen LogP contribution in [0, 0.1) is 5.92 Å². The molecule has 1 atom stereocenters. The Kier molecular flexibility index (Phi) is 3.89. The standard InChI is InChI=1S/C15H22N2OS/c1-16-9-11-3-2-7-17(10-11)15(18)14-13(6-8-19-14)12-4-5-12/h6,8,11-12,16H,2-5,7,9-10H2,1H3/t11-/m1/s1. The third-order valence-corrected chi connectivity index (χ3v) is 5.12. The van der Waals surface area contributed by atoms with Gasteiger partial charge in [-0.1, -0.05) is 0 Å². The Bertz CT molecular complexity index is 451. The largest absolute Gasteiger partial charge is 0.338 e. The van der Waals surface area contributed by atoms with Gasteiger partial charge in [-0.15, -0.1) is 11.3 Å². The minimum atomic E-state index is 0.276. The molecule has 1 N–H and O–H groups in total. The van der Waals surface area contributed by atoms with E-state index in [0.717, 1.165) is 30.9 Å². The molecule has 104 valence electrons. The highest BCUT2D eigenvalue weighted by atomic mass is 32.1. The lowest BCUT2D eigenvalue weighted by molar-refractivity contribution is 0.0678. The molecule has 1 aromatic heterocycles. The van der Waals surface area contributed by atoms with Gasteiger partial charge in [0.1, 0.15) is 0 Å². The van der Waals surface area contributed by atoms with Gasteiger partial charge in [0.25, 0.3) is 5.91 Å². The van der Waals surface area contributed by atoms with Crippen molar-refractivity contribution in [2.24, 2.45) is 5.92 Å². The highest BCUT2D eigenvalue weighted by Crippen LogP contribution is 2.43. The van der Waals surface area contributed by atoms with E-state index in [2.05, 4.69) is 21.7 Å². The number of carbonyl (C=O) groups excluding carboxylic acids is 1. The molecule has 0 unspecified atom stereocenters. The van der Waals surface area contributed by atoms with Crippen LogP contribution in [0.2, 0.25) is 0 Å². The molecule has 3 rings (SSSR count). The highest BCUT2D eigenvalue weighted by molar-refractivity contribution is 7.12. The Labute approximate surface area is 119 Å². The lowest BCUT2D eigenvalue weighted by atomic mass is 9.97. The number of nitrogens with zero attached hydrogens (tertiary/aromatic N) is 1. The molecule has 1 aliphatic heterocycles. The molecule has 1 aliphatic carbocycles. The number of likely N-dealkylation sites (tertiary alicyclic amines) is 1. The average molecular weight is 278 g/mol. The second-order valence-corrected chi connectivity index (χ2v) is 6.71. The first-order valence-electron chi connectivity index (χ1n) is 7.31. The van der Waals surface area contributed by atoms with Gasteiger partial charge >= 0.3 is 0 Å². The summed E-state index contributed by atoms with van der Waals surface area (Å²) in [5.41, 5.74) is 1.31. The van der Waals surface area contributed by atoms with Crippen LogP contribution in [0.3, 0.4) is 0 Å². The van der Waals surface area contributed by atoms with Crippen molar-refractivity contribution in [3.63, 3.8) is 0 Å². The fraction of sp³-hybridized carbons (Fsp3) is 0.667. The molecule has 19 heavy (non-hydrogen) atoms. The Balaban J connectivity index is 1.70. The summed E-state index contributed by atoms with van der Waals surface area (Å²) >= 11 is 1.63. The fourth-order valence-corrected chi connectivity index (χ4v) is 4.01. The van der Waals surface area contributed by atoms with Gasteiger partial charge in [-0.2, -0.15) is 0 Å². The summed E-state index contributed by atoms with van der Waals surface area (Å²) in [6, 6.07) is 2.16. The van der Waals surface area contributed by atoms with Crippen molar-refractivity contribution < 1.29 is 4.79 Å². The Morgan fingerprint density at radius 1 is 1.47 bits per heavy atom. The van der Waals surface area contributed by atoms with Gasteiger partial charge in [-0.3, -0.25) is 4.79 Å². The van der Waals surface area contributed by atoms with Gasteiger partial charge < -0.3 is 10.2 Å². The molecule has 2 heterocycles. The van der Waals surface area contributed by atoms with Crippen LogP contribution in [0.25, 0.3) is 0 Å². The van der Waals surface area contributed by atoms with Crippen molar-refractivity contribution >= 4 is 17.2 Å². The maximum atomic E-state index is 12.7. The zero-order chi connectivity index (χ0) is 13.2. The van der Waals surface area contributed by atoms with E-state index in [0.29, 0.717) is 11.8 Å². The molecule has 1 aromatic rings. The second kappa shape index (κ2) is 5.63. The van der Waals surface area contributed by atoms with E-state index >= 15 is 0 Å². The lowest BCUT2D eigenvalue weighted by Gasteiger charge is -2.32. The van der Waals surface area contributed by atoms with Gasteiger partial charge in [0, 0.05) is 13.1 Å². The molecule has 0 spiro atoms. The van der Waals surface area contributed by atoms with E-state index in [4.69, 9.17) is 0 Å². The number of amides is 1. The molecule has 3 nitrogen and oxygen atoms in total. The summed E-state index contributed by atoms with van der Waals surface area (Å²) in [5, 5.41) is 5.32. The quantitative estimate of drug-likeness (QED) is 0.918. The van der Waals surface area contributed by atoms with Crippen LogP contribution in [0.15, 0.2) is 11.4 Å². The number of piperidine rings is 1. The average Bonchev–Trinajstić information content (AvgIpc) is 3.16. The van der Waals surface area contributed by atoms with E-state index in [9.17, 15) is 4.79 Å². The Morgan fingerprint density at radius 2 is 2.32 bits per heavy atom. The minimum absolute atomic E-state index is 0.276. The number of nitrogens with one attached hydrogen (secondary N) is 1. The fourth-order valence-electron chi connectivity index (χ4n) is 3.06. The molecular formula is C15H22N2OS. The van der Waals surface area contributed by atoms with Crippen LogP contribution in [0.5, 0.6) is 0 Å².